The molecule has 5 heteroatoms. The molecule has 3 rings (SSSR count). The molecule has 2 fully saturated rings. The number of carbonyl (C=O) groups excluding carboxylic acids is 1. The summed E-state index contributed by atoms with van der Waals surface area (Å²) in [5.74, 6) is 2.01. The average molecular weight is 304 g/mol. The van der Waals surface area contributed by atoms with E-state index >= 15 is 0 Å². The van der Waals surface area contributed by atoms with Crippen molar-refractivity contribution in [3.8, 4) is 0 Å². The summed E-state index contributed by atoms with van der Waals surface area (Å²) in [7, 11) is 4.16. The van der Waals surface area contributed by atoms with E-state index in [1.165, 1.54) is 25.1 Å². The average Bonchev–Trinajstić information content (AvgIpc) is 2.84. The van der Waals surface area contributed by atoms with E-state index in [4.69, 9.17) is 0 Å². The third-order valence-electron chi connectivity index (χ3n) is 5.34. The van der Waals surface area contributed by atoms with Crippen LogP contribution in [0, 0.1) is 0 Å². The zero-order valence-electron chi connectivity index (χ0n) is 13.9. The molecule has 0 bridgehead atoms. The van der Waals surface area contributed by atoms with Crippen molar-refractivity contribution in [3.05, 3.63) is 18.2 Å². The minimum atomic E-state index is 0.104. The number of aromatic nitrogens is 2. The quantitative estimate of drug-likeness (QED) is 0.839. The molecule has 2 aliphatic rings. The van der Waals surface area contributed by atoms with Crippen LogP contribution in [-0.4, -0.2) is 58.0 Å². The molecule has 0 aliphatic carbocycles. The summed E-state index contributed by atoms with van der Waals surface area (Å²) in [5.41, 5.74) is 0. The highest BCUT2D eigenvalue weighted by Gasteiger charge is 2.32. The van der Waals surface area contributed by atoms with Gasteiger partial charge in [0.1, 0.15) is 5.82 Å². The number of piperidine rings is 1. The molecule has 0 spiro atoms. The van der Waals surface area contributed by atoms with Crippen LogP contribution in [0.3, 0.4) is 0 Å². The summed E-state index contributed by atoms with van der Waals surface area (Å²) in [6.07, 6.45) is 10.6. The van der Waals surface area contributed by atoms with Crippen LogP contribution in [0.5, 0.6) is 0 Å². The minimum Gasteiger partial charge on any atom is -0.341 e. The Balaban J connectivity index is 1.58. The van der Waals surface area contributed by atoms with Crippen LogP contribution in [0.15, 0.2) is 12.4 Å². The molecule has 0 N–H and O–H groups in total. The summed E-state index contributed by atoms with van der Waals surface area (Å²) in [6.45, 7) is 2.81. The number of likely N-dealkylation sites (tertiary alicyclic amines) is 2. The molecule has 0 radical (unpaired) electrons. The third kappa shape index (κ3) is 3.19. The van der Waals surface area contributed by atoms with Gasteiger partial charge in [0.25, 0.3) is 0 Å². The van der Waals surface area contributed by atoms with Gasteiger partial charge in [-0.3, -0.25) is 9.69 Å². The van der Waals surface area contributed by atoms with E-state index in [1.807, 2.05) is 12.4 Å². The first-order valence-corrected chi connectivity index (χ1v) is 8.63. The molecule has 122 valence electrons. The topological polar surface area (TPSA) is 41.4 Å². The van der Waals surface area contributed by atoms with Gasteiger partial charge in [0.15, 0.2) is 0 Å². The van der Waals surface area contributed by atoms with Gasteiger partial charge in [0, 0.05) is 38.4 Å². The standard InChI is InChI=1S/C17H28N4O/c1-19-10-5-3-4-6-15(19)17(22)21-11-7-14(8-12-21)16-18-9-13-20(16)2/h9,13-15H,3-8,10-12H2,1-2H3/t15-/m0/s1. The zero-order chi connectivity index (χ0) is 15.5. The predicted molar refractivity (Wildman–Crippen MR) is 86.6 cm³/mol. The Bertz CT molecular complexity index is 505. The SMILES string of the molecule is CN1CCCCC[C@H]1C(=O)N1CCC(c2nccn2C)CC1. The van der Waals surface area contributed by atoms with Gasteiger partial charge in [-0.25, -0.2) is 4.98 Å². The fourth-order valence-corrected chi connectivity index (χ4v) is 3.90. The predicted octanol–water partition coefficient (Wildman–Crippen LogP) is 2.00. The second kappa shape index (κ2) is 6.82. The van der Waals surface area contributed by atoms with Crippen molar-refractivity contribution < 1.29 is 4.79 Å². The lowest BCUT2D eigenvalue weighted by Crippen LogP contribution is -2.49. The minimum absolute atomic E-state index is 0.104. The number of imidazole rings is 1. The zero-order valence-corrected chi connectivity index (χ0v) is 13.9. The van der Waals surface area contributed by atoms with E-state index in [0.717, 1.165) is 38.9 Å². The summed E-state index contributed by atoms with van der Waals surface area (Å²) in [4.78, 5) is 21.7. The van der Waals surface area contributed by atoms with Crippen molar-refractivity contribution in [3.63, 3.8) is 0 Å². The van der Waals surface area contributed by atoms with Crippen LogP contribution < -0.4 is 0 Å². The number of carbonyl (C=O) groups is 1. The molecular weight excluding hydrogens is 276 g/mol. The number of aryl methyl sites for hydroxylation is 1. The lowest BCUT2D eigenvalue weighted by atomic mass is 9.95. The molecular formula is C17H28N4O. The van der Waals surface area contributed by atoms with Crippen molar-refractivity contribution in [2.24, 2.45) is 7.05 Å². The van der Waals surface area contributed by atoms with Gasteiger partial charge in [-0.1, -0.05) is 12.8 Å². The van der Waals surface area contributed by atoms with E-state index in [9.17, 15) is 4.79 Å². The molecule has 2 aliphatic heterocycles. The first kappa shape index (κ1) is 15.5. The van der Waals surface area contributed by atoms with Crippen LogP contribution in [0.25, 0.3) is 0 Å². The largest absolute Gasteiger partial charge is 0.341 e. The monoisotopic (exact) mass is 304 g/mol. The van der Waals surface area contributed by atoms with Gasteiger partial charge in [-0.05, 0) is 39.3 Å². The molecule has 5 nitrogen and oxygen atoms in total. The highest BCUT2D eigenvalue weighted by atomic mass is 16.2. The van der Waals surface area contributed by atoms with Crippen molar-refractivity contribution in [1.29, 1.82) is 0 Å². The van der Waals surface area contributed by atoms with Gasteiger partial charge in [0.2, 0.25) is 5.91 Å². The lowest BCUT2D eigenvalue weighted by molar-refractivity contribution is -0.137. The molecule has 3 heterocycles. The Morgan fingerprint density at radius 1 is 1.09 bits per heavy atom. The number of nitrogens with zero attached hydrogens (tertiary/aromatic N) is 4. The first-order valence-electron chi connectivity index (χ1n) is 8.63. The molecule has 2 saturated heterocycles. The maximum atomic E-state index is 12.8. The number of amides is 1. The second-order valence-electron chi connectivity index (χ2n) is 6.84. The number of hydrogen-bond donors (Lipinski definition) is 0. The van der Waals surface area contributed by atoms with E-state index < -0.39 is 0 Å². The Morgan fingerprint density at radius 2 is 1.86 bits per heavy atom. The number of likely N-dealkylation sites (N-methyl/N-ethyl adjacent to an activating group) is 1. The van der Waals surface area contributed by atoms with E-state index in [2.05, 4.69) is 33.4 Å². The van der Waals surface area contributed by atoms with E-state index in [-0.39, 0.29) is 6.04 Å². The normalized spacial score (nSPS) is 25.2. The fraction of sp³-hybridized carbons (Fsp3) is 0.765. The Hall–Kier alpha value is -1.36. The molecule has 0 unspecified atom stereocenters. The maximum Gasteiger partial charge on any atom is 0.239 e. The van der Waals surface area contributed by atoms with E-state index in [0.29, 0.717) is 11.8 Å². The van der Waals surface area contributed by atoms with Crippen LogP contribution in [0.2, 0.25) is 0 Å². The number of hydrogen-bond acceptors (Lipinski definition) is 3. The lowest BCUT2D eigenvalue weighted by Gasteiger charge is -2.36. The van der Waals surface area contributed by atoms with Crippen LogP contribution in [0.4, 0.5) is 0 Å². The molecule has 1 atom stereocenters. The molecule has 1 aromatic rings. The van der Waals surface area contributed by atoms with Crippen molar-refractivity contribution in [1.82, 2.24) is 19.4 Å². The van der Waals surface area contributed by atoms with Gasteiger partial charge >= 0.3 is 0 Å². The summed E-state index contributed by atoms with van der Waals surface area (Å²) < 4.78 is 2.11. The summed E-state index contributed by atoms with van der Waals surface area (Å²) in [6, 6.07) is 0.104. The van der Waals surface area contributed by atoms with Gasteiger partial charge in [0.05, 0.1) is 6.04 Å². The molecule has 1 amide bonds. The highest BCUT2D eigenvalue weighted by molar-refractivity contribution is 5.82. The fourth-order valence-electron chi connectivity index (χ4n) is 3.90. The summed E-state index contributed by atoms with van der Waals surface area (Å²) >= 11 is 0. The molecule has 1 aromatic heterocycles. The highest BCUT2D eigenvalue weighted by Crippen LogP contribution is 2.27. The second-order valence-corrected chi connectivity index (χ2v) is 6.84. The van der Waals surface area contributed by atoms with Gasteiger partial charge in [-0.2, -0.15) is 0 Å². The maximum absolute atomic E-state index is 12.8. The van der Waals surface area contributed by atoms with Crippen molar-refractivity contribution in [2.45, 2.75) is 50.5 Å². The van der Waals surface area contributed by atoms with Crippen LogP contribution >= 0.6 is 0 Å². The third-order valence-corrected chi connectivity index (χ3v) is 5.34. The van der Waals surface area contributed by atoms with Gasteiger partial charge < -0.3 is 9.47 Å². The number of rotatable bonds is 2. The van der Waals surface area contributed by atoms with Crippen molar-refractivity contribution in [2.75, 3.05) is 26.7 Å². The Kier molecular flexibility index (Phi) is 4.81. The van der Waals surface area contributed by atoms with Crippen LogP contribution in [0.1, 0.15) is 50.3 Å². The van der Waals surface area contributed by atoms with E-state index in [1.54, 1.807) is 0 Å². The molecule has 22 heavy (non-hydrogen) atoms. The Morgan fingerprint density at radius 3 is 2.55 bits per heavy atom. The van der Waals surface area contributed by atoms with Crippen LogP contribution in [-0.2, 0) is 11.8 Å². The van der Waals surface area contributed by atoms with Gasteiger partial charge in [-0.15, -0.1) is 0 Å². The summed E-state index contributed by atoms with van der Waals surface area (Å²) in [5, 5.41) is 0. The molecule has 0 saturated carbocycles. The Labute approximate surface area is 133 Å². The van der Waals surface area contributed by atoms with Crippen molar-refractivity contribution >= 4 is 5.91 Å². The smallest absolute Gasteiger partial charge is 0.239 e. The first-order chi connectivity index (χ1) is 10.7. The molecule has 0 aromatic carbocycles.